The van der Waals surface area contributed by atoms with Gasteiger partial charge in [-0.1, -0.05) is 0 Å². The first-order chi connectivity index (χ1) is 15.4. The van der Waals surface area contributed by atoms with Crippen molar-refractivity contribution in [3.63, 3.8) is 0 Å². The number of hydrogen-bond acceptors (Lipinski definition) is 7. The summed E-state index contributed by atoms with van der Waals surface area (Å²) in [5.41, 5.74) is 7.54. The molecule has 8 nitrogen and oxygen atoms in total. The lowest BCUT2D eigenvalue weighted by Crippen LogP contribution is -2.58. The lowest BCUT2D eigenvalue weighted by atomic mass is 9.53. The molecule has 1 spiro atoms. The number of hydrogen-bond donors (Lipinski definition) is 2. The number of carbonyl (C=O) groups excluding carboxylic acids is 2. The van der Waals surface area contributed by atoms with Gasteiger partial charge in [0.2, 0.25) is 5.88 Å². The number of nitrogens with one attached hydrogen (secondary N) is 1. The molecule has 32 heavy (non-hydrogen) atoms. The number of ether oxygens (including phenoxy) is 1. The van der Waals surface area contributed by atoms with Crippen LogP contribution in [-0.2, 0) is 0 Å². The summed E-state index contributed by atoms with van der Waals surface area (Å²) in [5, 5.41) is 3.95. The van der Waals surface area contributed by atoms with E-state index < -0.39 is 5.91 Å². The summed E-state index contributed by atoms with van der Waals surface area (Å²) in [7, 11) is 0. The average molecular weight is 450 g/mol. The minimum atomic E-state index is -0.543. The average Bonchev–Trinajstić information content (AvgIpc) is 3.13. The van der Waals surface area contributed by atoms with Crippen LogP contribution in [0, 0.1) is 12.3 Å². The van der Waals surface area contributed by atoms with Crippen LogP contribution in [0.2, 0.25) is 0 Å². The van der Waals surface area contributed by atoms with Crippen molar-refractivity contribution in [3.05, 3.63) is 59.0 Å². The van der Waals surface area contributed by atoms with E-state index in [1.54, 1.807) is 30.7 Å². The zero-order chi connectivity index (χ0) is 22.3. The molecule has 0 unspecified atom stereocenters. The molecule has 3 heterocycles. The molecule has 0 aliphatic heterocycles. The van der Waals surface area contributed by atoms with Gasteiger partial charge in [0.05, 0.1) is 5.69 Å². The second-order valence-electron chi connectivity index (χ2n) is 8.62. The number of nitrogens with two attached hydrogens (primary N) is 1. The minimum Gasteiger partial charge on any atom is -0.474 e. The van der Waals surface area contributed by atoms with Crippen molar-refractivity contribution in [1.29, 1.82) is 0 Å². The van der Waals surface area contributed by atoms with Crippen LogP contribution in [0.4, 0.5) is 0 Å². The van der Waals surface area contributed by atoms with Crippen LogP contribution in [0.15, 0.2) is 42.9 Å². The van der Waals surface area contributed by atoms with Crippen LogP contribution in [0.25, 0.3) is 10.6 Å². The fourth-order valence-electron chi connectivity index (χ4n) is 4.71. The Kier molecular flexibility index (Phi) is 5.13. The van der Waals surface area contributed by atoms with Crippen LogP contribution in [-0.4, -0.2) is 38.9 Å². The van der Waals surface area contributed by atoms with Crippen molar-refractivity contribution in [3.8, 4) is 16.5 Å². The number of nitrogens with zero attached hydrogens (tertiary/aromatic N) is 3. The Morgan fingerprint density at radius 1 is 1.19 bits per heavy atom. The second kappa shape index (κ2) is 7.98. The molecule has 2 aliphatic carbocycles. The van der Waals surface area contributed by atoms with Gasteiger partial charge in [-0.15, -0.1) is 11.3 Å². The van der Waals surface area contributed by atoms with Crippen molar-refractivity contribution in [1.82, 2.24) is 20.3 Å². The van der Waals surface area contributed by atoms with Crippen molar-refractivity contribution in [2.24, 2.45) is 11.1 Å². The Bertz CT molecular complexity index is 1170. The zero-order valence-corrected chi connectivity index (χ0v) is 18.4. The van der Waals surface area contributed by atoms with Gasteiger partial charge in [-0.25, -0.2) is 9.97 Å². The number of rotatable bonds is 6. The molecule has 2 saturated carbocycles. The van der Waals surface area contributed by atoms with Gasteiger partial charge >= 0.3 is 0 Å². The lowest BCUT2D eigenvalue weighted by Gasteiger charge is -2.57. The van der Waals surface area contributed by atoms with Gasteiger partial charge in [0.1, 0.15) is 21.6 Å². The molecule has 2 aliphatic rings. The third-order valence-electron chi connectivity index (χ3n) is 6.24. The molecular formula is C23H23N5O3S. The molecule has 9 heteroatoms. The fourth-order valence-corrected chi connectivity index (χ4v) is 5.67. The Balaban J connectivity index is 1.14. The van der Waals surface area contributed by atoms with E-state index in [9.17, 15) is 9.59 Å². The van der Waals surface area contributed by atoms with E-state index in [0.29, 0.717) is 16.3 Å². The molecule has 3 aromatic rings. The molecule has 5 rings (SSSR count). The highest BCUT2D eigenvalue weighted by molar-refractivity contribution is 7.17. The number of thiazole rings is 1. The smallest absolute Gasteiger partial charge is 0.263 e. The highest BCUT2D eigenvalue weighted by Gasteiger charge is 2.54. The molecule has 0 saturated heterocycles. The topological polar surface area (TPSA) is 120 Å². The van der Waals surface area contributed by atoms with Gasteiger partial charge < -0.3 is 15.8 Å². The Morgan fingerprint density at radius 3 is 2.69 bits per heavy atom. The number of aryl methyl sites for hydroxylation is 1. The zero-order valence-electron chi connectivity index (χ0n) is 17.6. The van der Waals surface area contributed by atoms with E-state index in [1.807, 2.05) is 19.1 Å². The second-order valence-corrected chi connectivity index (χ2v) is 9.62. The molecule has 0 bridgehead atoms. The largest absolute Gasteiger partial charge is 0.474 e. The first kappa shape index (κ1) is 20.6. The van der Waals surface area contributed by atoms with Gasteiger partial charge in [-0.2, -0.15) is 0 Å². The van der Waals surface area contributed by atoms with Crippen molar-refractivity contribution >= 4 is 23.2 Å². The van der Waals surface area contributed by atoms with Gasteiger partial charge in [0, 0.05) is 30.2 Å². The summed E-state index contributed by atoms with van der Waals surface area (Å²) < 4.78 is 5.91. The molecule has 2 amide bonds. The van der Waals surface area contributed by atoms with Crippen molar-refractivity contribution < 1.29 is 14.3 Å². The van der Waals surface area contributed by atoms with Crippen LogP contribution >= 0.6 is 11.3 Å². The van der Waals surface area contributed by atoms with Gasteiger partial charge in [0.15, 0.2) is 0 Å². The van der Waals surface area contributed by atoms with E-state index in [1.165, 1.54) is 11.3 Å². The number of carbonyl (C=O) groups is 2. The molecule has 2 fully saturated rings. The maximum Gasteiger partial charge on any atom is 0.263 e. The standard InChI is InChI=1S/C23H23N5O3S/c1-13-18(32-22(27-13)14-4-2-6-25-12-14)20(30)28-15-8-23(9-15)10-16(11-23)31-21-17(19(24)29)5-3-7-26-21/h2-7,12,15-16H,8-11H2,1H3,(H2,24,29)(H,28,30). The molecule has 3 aromatic heterocycles. The number of aromatic nitrogens is 3. The molecule has 0 radical (unpaired) electrons. The van der Waals surface area contributed by atoms with Crippen LogP contribution in [0.5, 0.6) is 5.88 Å². The Labute approximate surface area is 189 Å². The van der Waals surface area contributed by atoms with E-state index in [4.69, 9.17) is 10.5 Å². The van der Waals surface area contributed by atoms with Crippen LogP contribution < -0.4 is 15.8 Å². The maximum atomic E-state index is 12.8. The molecule has 0 atom stereocenters. The molecule has 0 aromatic carbocycles. The summed E-state index contributed by atoms with van der Waals surface area (Å²) in [4.78, 5) is 37.8. The SMILES string of the molecule is Cc1nc(-c2cccnc2)sc1C(=O)NC1CC2(C1)CC(Oc1ncccc1C(N)=O)C2. The minimum absolute atomic E-state index is 0.0189. The van der Waals surface area contributed by atoms with Gasteiger partial charge in [0.25, 0.3) is 11.8 Å². The van der Waals surface area contributed by atoms with Crippen molar-refractivity contribution in [2.75, 3.05) is 0 Å². The lowest BCUT2D eigenvalue weighted by molar-refractivity contribution is -0.0848. The van der Waals surface area contributed by atoms with Crippen LogP contribution in [0.1, 0.15) is 51.4 Å². The number of pyridine rings is 2. The summed E-state index contributed by atoms with van der Waals surface area (Å²) in [6.45, 7) is 1.86. The third-order valence-corrected chi connectivity index (χ3v) is 7.45. The predicted octanol–water partition coefficient (Wildman–Crippen LogP) is 3.13. The summed E-state index contributed by atoms with van der Waals surface area (Å²) in [5.74, 6) is -0.311. The van der Waals surface area contributed by atoms with Gasteiger partial charge in [-0.05, 0) is 62.3 Å². The van der Waals surface area contributed by atoms with Gasteiger partial charge in [-0.3, -0.25) is 14.6 Å². The predicted molar refractivity (Wildman–Crippen MR) is 119 cm³/mol. The normalized spacial score (nSPS) is 23.8. The quantitative estimate of drug-likeness (QED) is 0.597. The van der Waals surface area contributed by atoms with Crippen LogP contribution in [0.3, 0.4) is 0 Å². The van der Waals surface area contributed by atoms with E-state index in [-0.39, 0.29) is 23.5 Å². The first-order valence-electron chi connectivity index (χ1n) is 10.5. The first-order valence-corrected chi connectivity index (χ1v) is 11.3. The van der Waals surface area contributed by atoms with E-state index >= 15 is 0 Å². The fraction of sp³-hybridized carbons (Fsp3) is 0.348. The summed E-state index contributed by atoms with van der Waals surface area (Å²) in [6, 6.07) is 7.24. The third kappa shape index (κ3) is 3.84. The Hall–Kier alpha value is -3.33. The molecule has 164 valence electrons. The van der Waals surface area contributed by atoms with E-state index in [0.717, 1.165) is 41.9 Å². The summed E-state index contributed by atoms with van der Waals surface area (Å²) in [6.07, 6.45) is 8.71. The highest BCUT2D eigenvalue weighted by Crippen LogP contribution is 2.56. The number of amides is 2. The highest BCUT2D eigenvalue weighted by atomic mass is 32.1. The maximum absolute atomic E-state index is 12.8. The Morgan fingerprint density at radius 2 is 1.97 bits per heavy atom. The van der Waals surface area contributed by atoms with E-state index in [2.05, 4.69) is 20.3 Å². The summed E-state index contributed by atoms with van der Waals surface area (Å²) >= 11 is 1.39. The molecular weight excluding hydrogens is 426 g/mol. The molecule has 3 N–H and O–H groups in total. The van der Waals surface area contributed by atoms with Crippen molar-refractivity contribution in [2.45, 2.75) is 44.8 Å². The number of primary amides is 1. The monoisotopic (exact) mass is 449 g/mol.